The van der Waals surface area contributed by atoms with Crippen molar-refractivity contribution in [1.82, 2.24) is 0 Å². The van der Waals surface area contributed by atoms with E-state index in [1.54, 1.807) is 0 Å². The summed E-state index contributed by atoms with van der Waals surface area (Å²) in [5.41, 5.74) is 4.69. The van der Waals surface area contributed by atoms with Crippen molar-refractivity contribution in [1.29, 1.82) is 0 Å². The van der Waals surface area contributed by atoms with Crippen LogP contribution >= 0.6 is 0 Å². The number of rotatable bonds is 9. The second kappa shape index (κ2) is 12.8. The molecule has 169 valence electrons. The molecule has 2 aromatic rings. The molecule has 32 heavy (non-hydrogen) atoms. The van der Waals surface area contributed by atoms with Crippen LogP contribution in [0.5, 0.6) is 0 Å². The molecule has 0 N–H and O–H groups in total. The number of hydrogen-bond acceptors (Lipinski definition) is 3. The van der Waals surface area contributed by atoms with Crippen LogP contribution in [0.25, 0.3) is 0 Å². The first kappa shape index (κ1) is 26.9. The van der Waals surface area contributed by atoms with E-state index in [9.17, 15) is 9.59 Å². The van der Waals surface area contributed by atoms with Gasteiger partial charge in [0.2, 0.25) is 0 Å². The number of ketones is 1. The summed E-state index contributed by atoms with van der Waals surface area (Å²) < 4.78 is 6.11. The van der Waals surface area contributed by atoms with Gasteiger partial charge < -0.3 is 9.22 Å². The van der Waals surface area contributed by atoms with Gasteiger partial charge in [0.05, 0.1) is 19.7 Å². The molecule has 0 spiro atoms. The minimum Gasteiger partial charge on any atom is -0.465 e. The van der Waals surface area contributed by atoms with Gasteiger partial charge in [-0.25, -0.2) is 0 Å². The van der Waals surface area contributed by atoms with E-state index in [-0.39, 0.29) is 50.4 Å². The van der Waals surface area contributed by atoms with Crippen molar-refractivity contribution in [3.8, 4) is 0 Å². The minimum atomic E-state index is -0.128. The van der Waals surface area contributed by atoms with Gasteiger partial charge in [-0.05, 0) is 49.8 Å². The van der Waals surface area contributed by atoms with Gasteiger partial charge in [0.15, 0.2) is 5.78 Å². The van der Waals surface area contributed by atoms with Gasteiger partial charge in [0, 0.05) is 44.7 Å². The standard InChI is InChI=1S/C27H36NO3.Y/c1-4-16-31-27(30)24-14-9-15-28(19-24,18-23-12-6-5-7-13-23)20-25(29)17-26-21(2)10-8-11-22(26)3;/h5-8,10-13,24H,4,9,14-20H2,1-3H3;/q+1;. The van der Waals surface area contributed by atoms with Crippen molar-refractivity contribution in [2.45, 2.75) is 53.0 Å². The second-order valence-corrected chi connectivity index (χ2v) is 9.14. The van der Waals surface area contributed by atoms with E-state index in [2.05, 4.69) is 38.1 Å². The van der Waals surface area contributed by atoms with Crippen molar-refractivity contribution in [3.05, 3.63) is 70.8 Å². The van der Waals surface area contributed by atoms with Gasteiger partial charge in [0.25, 0.3) is 0 Å². The predicted molar refractivity (Wildman–Crippen MR) is 124 cm³/mol. The third kappa shape index (κ3) is 7.33. The summed E-state index contributed by atoms with van der Waals surface area (Å²) in [6.45, 7) is 9.46. The van der Waals surface area contributed by atoms with Gasteiger partial charge in [-0.15, -0.1) is 0 Å². The fourth-order valence-electron chi connectivity index (χ4n) is 4.90. The number of quaternary nitrogens is 1. The molecule has 2 atom stereocenters. The Bertz CT molecular complexity index is 879. The van der Waals surface area contributed by atoms with E-state index in [1.807, 2.05) is 31.2 Å². The summed E-state index contributed by atoms with van der Waals surface area (Å²) in [4.78, 5) is 25.9. The number of hydrogen-bond donors (Lipinski definition) is 0. The zero-order chi connectivity index (χ0) is 22.3. The Kier molecular flexibility index (Phi) is 10.7. The molecule has 1 saturated heterocycles. The first-order valence-corrected chi connectivity index (χ1v) is 11.5. The van der Waals surface area contributed by atoms with Crippen LogP contribution in [-0.2, 0) is 60.0 Å². The van der Waals surface area contributed by atoms with Crippen molar-refractivity contribution in [2.24, 2.45) is 5.92 Å². The average Bonchev–Trinajstić information content (AvgIpc) is 2.75. The molecule has 0 saturated carbocycles. The zero-order valence-electron chi connectivity index (χ0n) is 19.8. The van der Waals surface area contributed by atoms with Crippen LogP contribution in [0, 0.1) is 19.8 Å². The maximum Gasteiger partial charge on any atom is 0.314 e. The number of Topliss-reactive ketones (excluding diaryl/α,β-unsaturated/α-hetero) is 1. The maximum atomic E-state index is 13.3. The normalized spacial score (nSPS) is 20.3. The summed E-state index contributed by atoms with van der Waals surface area (Å²) in [6, 6.07) is 16.5. The quantitative estimate of drug-likeness (QED) is 0.359. The van der Waals surface area contributed by atoms with Crippen LogP contribution in [-0.4, -0.2) is 42.5 Å². The first-order chi connectivity index (χ1) is 14.9. The van der Waals surface area contributed by atoms with E-state index >= 15 is 0 Å². The van der Waals surface area contributed by atoms with Crippen molar-refractivity contribution in [3.63, 3.8) is 0 Å². The number of benzene rings is 2. The van der Waals surface area contributed by atoms with E-state index in [0.29, 0.717) is 30.6 Å². The maximum absolute atomic E-state index is 13.3. The van der Waals surface area contributed by atoms with Crippen LogP contribution in [0.2, 0.25) is 0 Å². The summed E-state index contributed by atoms with van der Waals surface area (Å²) in [5, 5.41) is 0. The number of carbonyl (C=O) groups is 2. The Morgan fingerprint density at radius 3 is 2.38 bits per heavy atom. The van der Waals surface area contributed by atoms with Gasteiger partial charge in [0.1, 0.15) is 19.0 Å². The molecule has 3 rings (SSSR count). The summed E-state index contributed by atoms with van der Waals surface area (Å²) in [5.74, 6) is 0.0206. The van der Waals surface area contributed by atoms with E-state index < -0.39 is 0 Å². The van der Waals surface area contributed by atoms with Crippen LogP contribution in [0.3, 0.4) is 0 Å². The Balaban J connectivity index is 0.00000363. The van der Waals surface area contributed by atoms with Gasteiger partial charge in [-0.3, -0.25) is 9.59 Å². The smallest absolute Gasteiger partial charge is 0.314 e. The van der Waals surface area contributed by atoms with Crippen molar-refractivity contribution in [2.75, 3.05) is 26.2 Å². The van der Waals surface area contributed by atoms with Crippen LogP contribution in [0.1, 0.15) is 48.4 Å². The zero-order valence-corrected chi connectivity index (χ0v) is 22.6. The molecule has 0 bridgehead atoms. The molecule has 0 amide bonds. The third-order valence-corrected chi connectivity index (χ3v) is 6.47. The van der Waals surface area contributed by atoms with Crippen LogP contribution in [0.4, 0.5) is 0 Å². The molecular weight excluding hydrogens is 475 g/mol. The molecule has 0 aliphatic carbocycles. The Labute approximate surface area is 218 Å². The number of likely N-dealkylation sites (tertiary alicyclic amines) is 1. The Morgan fingerprint density at radius 1 is 1.03 bits per heavy atom. The number of ether oxygens (including phenoxy) is 1. The molecule has 1 fully saturated rings. The predicted octanol–water partition coefficient (Wildman–Crippen LogP) is 4.79. The number of piperidine rings is 1. The van der Waals surface area contributed by atoms with Gasteiger partial charge in [-0.1, -0.05) is 55.5 Å². The molecule has 2 aromatic carbocycles. The topological polar surface area (TPSA) is 43.4 Å². The van der Waals surface area contributed by atoms with Gasteiger partial charge >= 0.3 is 5.97 Å². The molecule has 1 radical (unpaired) electrons. The number of esters is 1. The number of carbonyl (C=O) groups excluding carboxylic acids is 2. The van der Waals surface area contributed by atoms with Crippen molar-refractivity contribution >= 4 is 11.8 Å². The minimum absolute atomic E-state index is 0. The van der Waals surface area contributed by atoms with E-state index in [1.165, 1.54) is 16.7 Å². The fraction of sp³-hybridized carbons (Fsp3) is 0.481. The Morgan fingerprint density at radius 2 is 1.72 bits per heavy atom. The molecule has 1 heterocycles. The molecular formula is C27H36NO3Y+. The fourth-order valence-corrected chi connectivity index (χ4v) is 4.90. The van der Waals surface area contributed by atoms with E-state index in [4.69, 9.17) is 4.74 Å². The molecule has 0 aromatic heterocycles. The van der Waals surface area contributed by atoms with Crippen LogP contribution in [0.15, 0.2) is 48.5 Å². The molecule has 4 nitrogen and oxygen atoms in total. The van der Waals surface area contributed by atoms with Crippen molar-refractivity contribution < 1.29 is 51.5 Å². The Hall–Kier alpha value is -1.36. The first-order valence-electron chi connectivity index (χ1n) is 11.5. The van der Waals surface area contributed by atoms with Crippen LogP contribution < -0.4 is 0 Å². The third-order valence-electron chi connectivity index (χ3n) is 6.47. The monoisotopic (exact) mass is 511 g/mol. The summed E-state index contributed by atoms with van der Waals surface area (Å²) >= 11 is 0. The molecule has 5 heteroatoms. The summed E-state index contributed by atoms with van der Waals surface area (Å²) in [7, 11) is 0. The summed E-state index contributed by atoms with van der Waals surface area (Å²) in [6.07, 6.45) is 3.08. The SMILES string of the molecule is CCCOC(=O)C1CCC[N+](CC(=O)Cc2c(C)cccc2C)(Cc2ccccc2)C1.[Y]. The molecule has 1 aliphatic heterocycles. The largest absolute Gasteiger partial charge is 0.465 e. The molecule has 1 aliphatic rings. The number of nitrogens with zero attached hydrogens (tertiary/aromatic N) is 1. The second-order valence-electron chi connectivity index (χ2n) is 9.14. The molecule has 2 unspecified atom stereocenters. The average molecular weight is 511 g/mol. The van der Waals surface area contributed by atoms with E-state index in [0.717, 1.165) is 37.9 Å². The van der Waals surface area contributed by atoms with Gasteiger partial charge in [-0.2, -0.15) is 0 Å². The number of aryl methyl sites for hydroxylation is 2.